The average molecular weight is 282 g/mol. The summed E-state index contributed by atoms with van der Waals surface area (Å²) in [6.07, 6.45) is 0.834. The molecule has 20 heavy (non-hydrogen) atoms. The highest BCUT2D eigenvalue weighted by molar-refractivity contribution is 5.93. The smallest absolute Gasteiger partial charge is 0.326 e. The van der Waals surface area contributed by atoms with Crippen LogP contribution >= 0.6 is 0 Å². The molecular weight excluding hydrogens is 272 g/mol. The minimum atomic E-state index is -0.818. The van der Waals surface area contributed by atoms with Gasteiger partial charge in [0, 0.05) is 6.07 Å². The zero-order chi connectivity index (χ0) is 15.3. The van der Waals surface area contributed by atoms with Gasteiger partial charge in [0.1, 0.15) is 0 Å². The zero-order valence-electron chi connectivity index (χ0n) is 10.2. The lowest BCUT2D eigenvalue weighted by atomic mass is 10.1. The van der Waals surface area contributed by atoms with Gasteiger partial charge in [-0.15, -0.1) is 0 Å². The van der Waals surface area contributed by atoms with E-state index in [1.165, 1.54) is 7.11 Å². The highest BCUT2D eigenvalue weighted by atomic mass is 16.6. The summed E-state index contributed by atoms with van der Waals surface area (Å²) >= 11 is 0. The van der Waals surface area contributed by atoms with Crippen LogP contribution in [0.4, 0.5) is 11.4 Å². The van der Waals surface area contributed by atoms with Crippen LogP contribution in [0.3, 0.4) is 0 Å². The summed E-state index contributed by atoms with van der Waals surface area (Å²) in [5.74, 6) is -0.667. The second-order valence-electron chi connectivity index (χ2n) is 3.35. The van der Waals surface area contributed by atoms with E-state index < -0.39 is 27.2 Å². The number of nitro benzene ring substituents is 2. The fourth-order valence-corrected chi connectivity index (χ4v) is 1.38. The molecule has 0 amide bonds. The molecule has 1 aromatic rings. The van der Waals surface area contributed by atoms with Gasteiger partial charge in [0.2, 0.25) is 5.96 Å². The molecule has 0 radical (unpaired) electrons. The molecule has 0 spiro atoms. The number of nitro groups is 2. The molecule has 0 aromatic heterocycles. The SMILES string of the molecule is COc1ccc([N+](=O)[O-])c(/C=N/NC(=N)N)c1[N+](=O)[O-]. The summed E-state index contributed by atoms with van der Waals surface area (Å²) in [6, 6.07) is 2.17. The van der Waals surface area contributed by atoms with Crippen molar-refractivity contribution in [3.05, 3.63) is 37.9 Å². The van der Waals surface area contributed by atoms with Gasteiger partial charge in [-0.05, 0) is 6.07 Å². The maximum absolute atomic E-state index is 11.0. The Morgan fingerprint density at radius 3 is 2.55 bits per heavy atom. The van der Waals surface area contributed by atoms with Gasteiger partial charge in [0.05, 0.1) is 23.2 Å². The predicted octanol–water partition coefficient (Wildman–Crippen LogP) is 0.329. The van der Waals surface area contributed by atoms with Gasteiger partial charge in [-0.25, -0.2) is 5.43 Å². The van der Waals surface area contributed by atoms with E-state index in [1.54, 1.807) is 0 Å². The van der Waals surface area contributed by atoms with Crippen LogP contribution in [0.25, 0.3) is 0 Å². The highest BCUT2D eigenvalue weighted by Crippen LogP contribution is 2.35. The van der Waals surface area contributed by atoms with Gasteiger partial charge in [-0.1, -0.05) is 0 Å². The van der Waals surface area contributed by atoms with Gasteiger partial charge in [-0.3, -0.25) is 25.6 Å². The van der Waals surface area contributed by atoms with Crippen molar-refractivity contribution in [2.75, 3.05) is 7.11 Å². The first-order valence-corrected chi connectivity index (χ1v) is 5.01. The third-order valence-corrected chi connectivity index (χ3v) is 2.13. The minimum Gasteiger partial charge on any atom is -0.490 e. The van der Waals surface area contributed by atoms with E-state index in [2.05, 4.69) is 5.10 Å². The number of methoxy groups -OCH3 is 1. The van der Waals surface area contributed by atoms with Crippen LogP contribution in [0.1, 0.15) is 5.56 Å². The zero-order valence-corrected chi connectivity index (χ0v) is 10.2. The van der Waals surface area contributed by atoms with Crippen LogP contribution in [0.2, 0.25) is 0 Å². The Bertz CT molecular complexity index is 599. The minimum absolute atomic E-state index is 0.148. The molecule has 0 atom stereocenters. The molecule has 0 aliphatic rings. The first-order chi connectivity index (χ1) is 9.38. The van der Waals surface area contributed by atoms with Gasteiger partial charge >= 0.3 is 5.69 Å². The molecule has 0 fully saturated rings. The van der Waals surface area contributed by atoms with Crippen LogP contribution in [0.5, 0.6) is 5.75 Å². The Kier molecular flexibility index (Phi) is 4.51. The largest absolute Gasteiger partial charge is 0.490 e. The number of nitrogens with two attached hydrogens (primary N) is 1. The molecule has 0 heterocycles. The van der Waals surface area contributed by atoms with Crippen LogP contribution < -0.4 is 15.9 Å². The van der Waals surface area contributed by atoms with Crippen molar-refractivity contribution < 1.29 is 14.6 Å². The second kappa shape index (κ2) is 6.08. The van der Waals surface area contributed by atoms with E-state index in [-0.39, 0.29) is 11.3 Å². The van der Waals surface area contributed by atoms with Crippen LogP contribution in [-0.4, -0.2) is 29.1 Å². The van der Waals surface area contributed by atoms with Crippen LogP contribution in [0.15, 0.2) is 17.2 Å². The van der Waals surface area contributed by atoms with Crippen LogP contribution in [0, 0.1) is 25.6 Å². The summed E-state index contributed by atoms with van der Waals surface area (Å²) in [5.41, 5.74) is 5.49. The van der Waals surface area contributed by atoms with Gasteiger partial charge in [0.25, 0.3) is 5.69 Å². The summed E-state index contributed by atoms with van der Waals surface area (Å²) in [7, 11) is 1.20. The third kappa shape index (κ3) is 3.16. The van der Waals surface area contributed by atoms with Crippen molar-refractivity contribution in [1.29, 1.82) is 5.41 Å². The maximum Gasteiger partial charge on any atom is 0.326 e. The number of ether oxygens (including phenoxy) is 1. The second-order valence-corrected chi connectivity index (χ2v) is 3.35. The van der Waals surface area contributed by atoms with Crippen molar-refractivity contribution in [3.8, 4) is 5.75 Å². The predicted molar refractivity (Wildman–Crippen MR) is 68.9 cm³/mol. The number of benzene rings is 1. The molecule has 0 saturated carbocycles. The monoisotopic (exact) mass is 282 g/mol. The number of nitrogens with zero attached hydrogens (tertiary/aromatic N) is 3. The number of nitrogens with one attached hydrogen (secondary N) is 2. The quantitative estimate of drug-likeness (QED) is 0.302. The molecule has 106 valence electrons. The normalized spacial score (nSPS) is 10.2. The van der Waals surface area contributed by atoms with Crippen molar-refractivity contribution in [1.82, 2.24) is 5.43 Å². The van der Waals surface area contributed by atoms with E-state index in [1.807, 2.05) is 5.43 Å². The summed E-state index contributed by atoms with van der Waals surface area (Å²) < 4.78 is 4.80. The lowest BCUT2D eigenvalue weighted by molar-refractivity contribution is -0.394. The summed E-state index contributed by atoms with van der Waals surface area (Å²) in [5, 5.41) is 32.2. The number of hydrazone groups is 1. The molecule has 11 nitrogen and oxygen atoms in total. The number of hydrogen-bond donors (Lipinski definition) is 3. The molecule has 1 aromatic carbocycles. The highest BCUT2D eigenvalue weighted by Gasteiger charge is 2.28. The lowest BCUT2D eigenvalue weighted by Gasteiger charge is -2.04. The Hall–Kier alpha value is -3.24. The fourth-order valence-electron chi connectivity index (χ4n) is 1.38. The van der Waals surface area contributed by atoms with E-state index in [4.69, 9.17) is 15.9 Å². The first-order valence-electron chi connectivity index (χ1n) is 5.01. The van der Waals surface area contributed by atoms with E-state index in [0.29, 0.717) is 0 Å². The Balaban J connectivity index is 3.47. The molecule has 0 aliphatic heterocycles. The van der Waals surface area contributed by atoms with E-state index >= 15 is 0 Å². The summed E-state index contributed by atoms with van der Waals surface area (Å²) in [6.45, 7) is 0. The Labute approximate surface area is 111 Å². The van der Waals surface area contributed by atoms with Crippen molar-refractivity contribution in [2.45, 2.75) is 0 Å². The fraction of sp³-hybridized carbons (Fsp3) is 0.111. The van der Waals surface area contributed by atoms with Gasteiger partial charge in [-0.2, -0.15) is 5.10 Å². The Morgan fingerprint density at radius 1 is 1.45 bits per heavy atom. The van der Waals surface area contributed by atoms with E-state index in [9.17, 15) is 20.2 Å². The van der Waals surface area contributed by atoms with Gasteiger partial charge < -0.3 is 10.5 Å². The topological polar surface area (TPSA) is 170 Å². The number of guanidine groups is 1. The molecule has 0 aliphatic carbocycles. The van der Waals surface area contributed by atoms with Gasteiger partial charge in [0.15, 0.2) is 11.3 Å². The van der Waals surface area contributed by atoms with Crippen LogP contribution in [-0.2, 0) is 0 Å². The third-order valence-electron chi connectivity index (χ3n) is 2.13. The molecule has 0 saturated heterocycles. The lowest BCUT2D eigenvalue weighted by Crippen LogP contribution is -2.25. The number of hydrogen-bond acceptors (Lipinski definition) is 7. The molecule has 0 unspecified atom stereocenters. The number of rotatable bonds is 5. The average Bonchev–Trinajstić information content (AvgIpc) is 2.36. The van der Waals surface area contributed by atoms with E-state index in [0.717, 1.165) is 18.3 Å². The Morgan fingerprint density at radius 2 is 2.10 bits per heavy atom. The van der Waals surface area contributed by atoms with Crippen molar-refractivity contribution in [2.24, 2.45) is 10.8 Å². The van der Waals surface area contributed by atoms with Crippen molar-refractivity contribution in [3.63, 3.8) is 0 Å². The molecule has 4 N–H and O–H groups in total. The molecule has 0 bridgehead atoms. The molecule has 11 heteroatoms. The molecule has 1 rings (SSSR count). The molecular formula is C9H10N6O5. The maximum atomic E-state index is 11.0. The van der Waals surface area contributed by atoms with Crippen molar-refractivity contribution >= 4 is 23.5 Å². The summed E-state index contributed by atoms with van der Waals surface area (Å²) in [4.78, 5) is 20.3. The first kappa shape index (κ1) is 14.8. The standard InChI is InChI=1S/C9H10N6O5/c1-20-7-3-2-6(14(16)17)5(8(7)15(18)19)4-12-13-9(10)11/h2-4H,1H3,(H4,10,11,13)/b12-4+.